The monoisotopic (exact) mass is 446 g/mol. The van der Waals surface area contributed by atoms with Crippen molar-refractivity contribution >= 4 is 57.6 Å². The topological polar surface area (TPSA) is 99.3 Å². The van der Waals surface area contributed by atoms with E-state index >= 15 is 0 Å². The van der Waals surface area contributed by atoms with Gasteiger partial charge in [-0.25, -0.2) is 0 Å². The summed E-state index contributed by atoms with van der Waals surface area (Å²) >= 11 is 5.05. The van der Waals surface area contributed by atoms with Crippen LogP contribution in [0.5, 0.6) is 0 Å². The number of amides is 3. The summed E-state index contributed by atoms with van der Waals surface area (Å²) in [6.45, 7) is 1.75. The van der Waals surface area contributed by atoms with Crippen LogP contribution in [-0.4, -0.2) is 22.8 Å². The van der Waals surface area contributed by atoms with Gasteiger partial charge < -0.3 is 5.32 Å². The highest BCUT2D eigenvalue weighted by atomic mass is 32.1. The Morgan fingerprint density at radius 3 is 2.38 bits per heavy atom. The van der Waals surface area contributed by atoms with E-state index in [4.69, 9.17) is 12.2 Å². The summed E-state index contributed by atoms with van der Waals surface area (Å²) in [5, 5.41) is 7.25. The molecule has 0 heterocycles. The molecule has 0 bridgehead atoms. The van der Waals surface area contributed by atoms with E-state index < -0.39 is 11.8 Å². The number of anilines is 1. The normalized spacial score (nSPS) is 10.5. The van der Waals surface area contributed by atoms with Crippen LogP contribution in [0.3, 0.4) is 0 Å². The van der Waals surface area contributed by atoms with Crippen molar-refractivity contribution in [3.63, 3.8) is 0 Å². The van der Waals surface area contributed by atoms with Crippen molar-refractivity contribution in [2.24, 2.45) is 0 Å². The number of rotatable bonds is 5. The zero-order chi connectivity index (χ0) is 22.9. The van der Waals surface area contributed by atoms with Crippen LogP contribution in [0.4, 0.5) is 5.69 Å². The lowest BCUT2D eigenvalue weighted by Crippen LogP contribution is -2.48. The zero-order valence-corrected chi connectivity index (χ0v) is 18.2. The van der Waals surface area contributed by atoms with Gasteiger partial charge in [-0.2, -0.15) is 0 Å². The Labute approximate surface area is 190 Å². The van der Waals surface area contributed by atoms with Gasteiger partial charge >= 0.3 is 0 Å². The molecular formula is C24H22N4O3S. The van der Waals surface area contributed by atoms with E-state index in [1.165, 1.54) is 6.08 Å². The van der Waals surface area contributed by atoms with Gasteiger partial charge in [0.25, 0.3) is 5.91 Å². The third-order valence-corrected chi connectivity index (χ3v) is 4.72. The largest absolute Gasteiger partial charge is 0.326 e. The molecule has 0 aliphatic rings. The Bertz CT molecular complexity index is 1180. The van der Waals surface area contributed by atoms with Crippen LogP contribution in [-0.2, 0) is 9.59 Å². The average Bonchev–Trinajstić information content (AvgIpc) is 2.81. The van der Waals surface area contributed by atoms with Gasteiger partial charge in [0.1, 0.15) is 0 Å². The van der Waals surface area contributed by atoms with Gasteiger partial charge in [0, 0.05) is 23.7 Å². The van der Waals surface area contributed by atoms with E-state index in [9.17, 15) is 14.4 Å². The summed E-state index contributed by atoms with van der Waals surface area (Å²) in [4.78, 5) is 35.8. The molecule has 162 valence electrons. The number of hydrogen-bond donors (Lipinski definition) is 4. The molecule has 8 heteroatoms. The van der Waals surface area contributed by atoms with Gasteiger partial charge in [0.2, 0.25) is 11.8 Å². The second-order valence-corrected chi connectivity index (χ2v) is 7.19. The van der Waals surface area contributed by atoms with E-state index in [1.54, 1.807) is 37.3 Å². The molecule has 4 N–H and O–H groups in total. The van der Waals surface area contributed by atoms with Gasteiger partial charge in [-0.05, 0) is 58.9 Å². The first-order valence-corrected chi connectivity index (χ1v) is 10.3. The second kappa shape index (κ2) is 10.8. The third-order valence-electron chi connectivity index (χ3n) is 4.52. The van der Waals surface area contributed by atoms with Crippen molar-refractivity contribution in [2.45, 2.75) is 13.3 Å². The van der Waals surface area contributed by atoms with Crippen molar-refractivity contribution in [3.05, 3.63) is 83.9 Å². The highest BCUT2D eigenvalue weighted by Crippen LogP contribution is 2.19. The molecule has 7 nitrogen and oxygen atoms in total. The first-order chi connectivity index (χ1) is 15.5. The molecule has 32 heavy (non-hydrogen) atoms. The fourth-order valence-electron chi connectivity index (χ4n) is 2.89. The lowest BCUT2D eigenvalue weighted by Gasteiger charge is -2.10. The lowest BCUT2D eigenvalue weighted by molar-refractivity contribution is -0.116. The van der Waals surface area contributed by atoms with Crippen molar-refractivity contribution in [2.75, 3.05) is 5.32 Å². The van der Waals surface area contributed by atoms with Crippen molar-refractivity contribution in [1.29, 1.82) is 0 Å². The van der Waals surface area contributed by atoms with Gasteiger partial charge in [-0.3, -0.25) is 30.6 Å². The molecule has 0 saturated heterocycles. The highest BCUT2D eigenvalue weighted by molar-refractivity contribution is 7.80. The molecule has 0 unspecified atom stereocenters. The Morgan fingerprint density at radius 2 is 1.62 bits per heavy atom. The minimum atomic E-state index is -0.443. The molecule has 0 aliphatic heterocycles. The Morgan fingerprint density at radius 1 is 0.906 bits per heavy atom. The van der Waals surface area contributed by atoms with Crippen LogP contribution in [0.2, 0.25) is 0 Å². The van der Waals surface area contributed by atoms with Crippen molar-refractivity contribution in [1.82, 2.24) is 16.2 Å². The molecule has 3 rings (SSSR count). The molecule has 0 radical (unpaired) electrons. The first-order valence-electron chi connectivity index (χ1n) is 9.93. The summed E-state index contributed by atoms with van der Waals surface area (Å²) in [6, 6.07) is 20.1. The maximum atomic E-state index is 12.2. The molecule has 0 aromatic heterocycles. The molecule has 0 atom stereocenters. The van der Waals surface area contributed by atoms with Crippen LogP contribution in [0.15, 0.2) is 72.8 Å². The predicted octanol–water partition coefficient (Wildman–Crippen LogP) is 3.54. The van der Waals surface area contributed by atoms with Gasteiger partial charge in [0.05, 0.1) is 0 Å². The second-order valence-electron chi connectivity index (χ2n) is 6.78. The summed E-state index contributed by atoms with van der Waals surface area (Å²) in [5.74, 6) is -0.985. The Balaban J connectivity index is 1.49. The minimum absolute atomic E-state index is 0.0438. The number of carbonyl (C=O) groups is 3. The van der Waals surface area contributed by atoms with E-state index in [-0.39, 0.29) is 11.0 Å². The smallest absolute Gasteiger partial charge is 0.269 e. The lowest BCUT2D eigenvalue weighted by atomic mass is 10.0. The van der Waals surface area contributed by atoms with Crippen molar-refractivity contribution < 1.29 is 14.4 Å². The highest BCUT2D eigenvalue weighted by Gasteiger charge is 2.08. The molecule has 3 amide bonds. The molecular weight excluding hydrogens is 424 g/mol. The van der Waals surface area contributed by atoms with Crippen LogP contribution < -0.4 is 21.5 Å². The number of benzene rings is 3. The van der Waals surface area contributed by atoms with E-state index in [0.29, 0.717) is 17.7 Å². The average molecular weight is 447 g/mol. The minimum Gasteiger partial charge on any atom is -0.326 e. The summed E-state index contributed by atoms with van der Waals surface area (Å²) in [7, 11) is 0. The van der Waals surface area contributed by atoms with E-state index in [0.717, 1.165) is 16.3 Å². The number of hydrazine groups is 1. The fraction of sp³-hybridized carbons (Fsp3) is 0.0833. The van der Waals surface area contributed by atoms with Crippen LogP contribution in [0.1, 0.15) is 29.3 Å². The maximum absolute atomic E-state index is 12.2. The van der Waals surface area contributed by atoms with Gasteiger partial charge in [-0.15, -0.1) is 0 Å². The summed E-state index contributed by atoms with van der Waals surface area (Å²) < 4.78 is 0. The summed E-state index contributed by atoms with van der Waals surface area (Å²) in [5.41, 5.74) is 6.77. The van der Waals surface area contributed by atoms with Crippen LogP contribution >= 0.6 is 12.2 Å². The number of hydrogen-bond acceptors (Lipinski definition) is 4. The maximum Gasteiger partial charge on any atom is 0.269 e. The molecule has 0 spiro atoms. The van der Waals surface area contributed by atoms with Gasteiger partial charge in [-0.1, -0.05) is 49.4 Å². The predicted molar refractivity (Wildman–Crippen MR) is 130 cm³/mol. The molecule has 0 aliphatic carbocycles. The third kappa shape index (κ3) is 6.23. The number of thiocarbonyl (C=S) groups is 1. The molecule has 0 saturated carbocycles. The molecule has 0 fully saturated rings. The standard InChI is InChI=1S/C24H22N4O3S/c1-2-21(29)25-19-13-10-18(11-14-19)23(31)27-28-24(32)26-22(30)15-12-17-8-5-7-16-6-3-4-9-20(16)17/h3-15H,2H2,1H3,(H,25,29)(H,27,31)(H2,26,28,30,32). The SMILES string of the molecule is CCC(=O)Nc1ccc(C(=O)NNC(=S)NC(=O)C=Cc2cccc3ccccc23)cc1. The van der Waals surface area contributed by atoms with Crippen LogP contribution in [0, 0.1) is 0 Å². The fourth-order valence-corrected chi connectivity index (χ4v) is 3.04. The first kappa shape index (κ1) is 22.6. The number of fused-ring (bicyclic) bond motifs is 1. The van der Waals surface area contributed by atoms with E-state index in [2.05, 4.69) is 21.5 Å². The van der Waals surface area contributed by atoms with E-state index in [1.807, 2.05) is 42.5 Å². The number of nitrogens with one attached hydrogen (secondary N) is 4. The van der Waals surface area contributed by atoms with Crippen molar-refractivity contribution in [3.8, 4) is 0 Å². The molecule has 3 aromatic rings. The van der Waals surface area contributed by atoms with Crippen LogP contribution in [0.25, 0.3) is 16.8 Å². The van der Waals surface area contributed by atoms with Gasteiger partial charge in [0.15, 0.2) is 5.11 Å². The quantitative estimate of drug-likeness (QED) is 0.273. The Hall–Kier alpha value is -4.04. The summed E-state index contributed by atoms with van der Waals surface area (Å²) in [6.07, 6.45) is 3.45. The Kier molecular flexibility index (Phi) is 7.66. The molecule has 3 aromatic carbocycles. The number of carbonyl (C=O) groups excluding carboxylic acids is 3. The zero-order valence-electron chi connectivity index (χ0n) is 17.3.